The Morgan fingerprint density at radius 2 is 2.13 bits per heavy atom. The van der Waals surface area contributed by atoms with Crippen molar-refractivity contribution >= 4 is 22.9 Å². The largest absolute Gasteiger partial charge is 0.339 e. The van der Waals surface area contributed by atoms with Gasteiger partial charge in [-0.15, -0.1) is 11.3 Å². The van der Waals surface area contributed by atoms with Crippen LogP contribution in [0.15, 0.2) is 40.2 Å². The van der Waals surface area contributed by atoms with Crippen molar-refractivity contribution in [1.29, 1.82) is 0 Å². The third-order valence-electron chi connectivity index (χ3n) is 3.65. The molecule has 0 bridgehead atoms. The zero-order valence-corrected chi connectivity index (χ0v) is 13.8. The van der Waals surface area contributed by atoms with Gasteiger partial charge in [0.2, 0.25) is 17.6 Å². The molecular weight excluding hydrogens is 310 g/mol. The highest BCUT2D eigenvalue weighted by Crippen LogP contribution is 2.22. The molecule has 2 heterocycles. The van der Waals surface area contributed by atoms with E-state index in [1.807, 2.05) is 49.6 Å². The summed E-state index contributed by atoms with van der Waals surface area (Å²) in [5, 5.41) is 8.83. The van der Waals surface area contributed by atoms with Crippen LogP contribution in [0.5, 0.6) is 0 Å². The summed E-state index contributed by atoms with van der Waals surface area (Å²) in [7, 11) is 0. The number of amides is 1. The molecule has 0 atom stereocenters. The molecular formula is C17H17N3O2S. The lowest BCUT2D eigenvalue weighted by Gasteiger charge is -2.09. The number of carbonyl (C=O) groups is 1. The number of benzene rings is 1. The van der Waals surface area contributed by atoms with Gasteiger partial charge in [0.05, 0.1) is 4.88 Å². The van der Waals surface area contributed by atoms with Crippen molar-refractivity contribution in [2.45, 2.75) is 26.7 Å². The molecule has 0 spiro atoms. The van der Waals surface area contributed by atoms with E-state index in [1.165, 1.54) is 0 Å². The summed E-state index contributed by atoms with van der Waals surface area (Å²) in [6.45, 7) is 4.02. The number of nitrogens with zero attached hydrogens (tertiary/aromatic N) is 2. The van der Waals surface area contributed by atoms with Gasteiger partial charge in [0.15, 0.2) is 0 Å². The van der Waals surface area contributed by atoms with Crippen molar-refractivity contribution < 1.29 is 9.32 Å². The first-order valence-electron chi connectivity index (χ1n) is 7.36. The van der Waals surface area contributed by atoms with Crippen molar-refractivity contribution in [2.75, 3.05) is 5.32 Å². The predicted octanol–water partition coefficient (Wildman–Crippen LogP) is 3.99. The minimum Gasteiger partial charge on any atom is -0.339 e. The van der Waals surface area contributed by atoms with Gasteiger partial charge < -0.3 is 9.84 Å². The molecule has 3 aromatic rings. The lowest BCUT2D eigenvalue weighted by Crippen LogP contribution is -2.13. The Kier molecular flexibility index (Phi) is 4.52. The van der Waals surface area contributed by atoms with Gasteiger partial charge in [-0.25, -0.2) is 0 Å². The molecule has 0 fully saturated rings. The third kappa shape index (κ3) is 3.65. The fourth-order valence-corrected chi connectivity index (χ4v) is 2.83. The standard InChI is InChI=1S/C17H17N3O2S/c1-11-5-3-6-13(12(11)2)18-15(21)8-9-16-19-17(20-22-16)14-7-4-10-23-14/h3-7,10H,8-9H2,1-2H3,(H,18,21). The predicted molar refractivity (Wildman–Crippen MR) is 90.5 cm³/mol. The summed E-state index contributed by atoms with van der Waals surface area (Å²) in [4.78, 5) is 17.4. The number of aromatic nitrogens is 2. The average molecular weight is 327 g/mol. The van der Waals surface area contributed by atoms with E-state index in [9.17, 15) is 4.79 Å². The normalized spacial score (nSPS) is 10.7. The number of hydrogen-bond donors (Lipinski definition) is 1. The Balaban J connectivity index is 1.58. The molecule has 3 rings (SSSR count). The third-order valence-corrected chi connectivity index (χ3v) is 4.52. The van der Waals surface area contributed by atoms with Crippen LogP contribution in [-0.2, 0) is 11.2 Å². The highest BCUT2D eigenvalue weighted by atomic mass is 32.1. The van der Waals surface area contributed by atoms with Gasteiger partial charge in [0, 0.05) is 18.5 Å². The molecule has 1 amide bonds. The number of rotatable bonds is 5. The van der Waals surface area contributed by atoms with Gasteiger partial charge >= 0.3 is 0 Å². The number of aryl methyl sites for hydroxylation is 2. The molecule has 2 aromatic heterocycles. The summed E-state index contributed by atoms with van der Waals surface area (Å²) in [6.07, 6.45) is 0.731. The zero-order valence-electron chi connectivity index (χ0n) is 13.0. The van der Waals surface area contributed by atoms with Gasteiger partial charge in [0.25, 0.3) is 0 Å². The van der Waals surface area contributed by atoms with Crippen LogP contribution in [0.25, 0.3) is 10.7 Å². The van der Waals surface area contributed by atoms with E-state index in [1.54, 1.807) is 11.3 Å². The molecule has 1 aromatic carbocycles. The summed E-state index contributed by atoms with van der Waals surface area (Å²) in [5.41, 5.74) is 3.08. The Labute approximate surface area is 138 Å². The van der Waals surface area contributed by atoms with Crippen molar-refractivity contribution in [3.05, 3.63) is 52.7 Å². The molecule has 23 heavy (non-hydrogen) atoms. The second-order valence-electron chi connectivity index (χ2n) is 5.28. The quantitative estimate of drug-likeness (QED) is 0.769. The lowest BCUT2D eigenvalue weighted by atomic mass is 10.1. The minimum absolute atomic E-state index is 0.0606. The van der Waals surface area contributed by atoms with Crippen LogP contribution in [-0.4, -0.2) is 16.0 Å². The zero-order chi connectivity index (χ0) is 16.2. The summed E-state index contributed by atoms with van der Waals surface area (Å²) < 4.78 is 5.20. The van der Waals surface area contributed by atoms with Crippen LogP contribution in [0.2, 0.25) is 0 Å². The minimum atomic E-state index is -0.0606. The Bertz CT molecular complexity index is 809. The van der Waals surface area contributed by atoms with E-state index in [4.69, 9.17) is 4.52 Å². The Morgan fingerprint density at radius 3 is 2.91 bits per heavy atom. The number of thiophene rings is 1. The van der Waals surface area contributed by atoms with E-state index in [-0.39, 0.29) is 5.91 Å². The van der Waals surface area contributed by atoms with Crippen LogP contribution < -0.4 is 5.32 Å². The van der Waals surface area contributed by atoms with Gasteiger partial charge in [-0.05, 0) is 42.5 Å². The highest BCUT2D eigenvalue weighted by molar-refractivity contribution is 7.13. The lowest BCUT2D eigenvalue weighted by molar-refractivity contribution is -0.116. The van der Waals surface area contributed by atoms with E-state index >= 15 is 0 Å². The number of anilines is 1. The second-order valence-corrected chi connectivity index (χ2v) is 6.23. The average Bonchev–Trinajstić information content (AvgIpc) is 3.20. The van der Waals surface area contributed by atoms with Gasteiger partial charge in [-0.1, -0.05) is 23.4 Å². The molecule has 0 saturated carbocycles. The molecule has 1 N–H and O–H groups in total. The highest BCUT2D eigenvalue weighted by Gasteiger charge is 2.12. The number of hydrogen-bond acceptors (Lipinski definition) is 5. The van der Waals surface area contributed by atoms with Crippen molar-refractivity contribution in [1.82, 2.24) is 10.1 Å². The van der Waals surface area contributed by atoms with E-state index in [0.29, 0.717) is 24.6 Å². The molecule has 5 nitrogen and oxygen atoms in total. The van der Waals surface area contributed by atoms with Crippen LogP contribution in [0, 0.1) is 13.8 Å². The van der Waals surface area contributed by atoms with Crippen LogP contribution >= 0.6 is 11.3 Å². The molecule has 0 aliphatic heterocycles. The fraction of sp³-hybridized carbons (Fsp3) is 0.235. The first-order chi connectivity index (χ1) is 11.1. The van der Waals surface area contributed by atoms with Crippen LogP contribution in [0.4, 0.5) is 5.69 Å². The van der Waals surface area contributed by atoms with Crippen LogP contribution in [0.3, 0.4) is 0 Å². The molecule has 0 aliphatic rings. The molecule has 0 saturated heterocycles. The SMILES string of the molecule is Cc1cccc(NC(=O)CCc2nc(-c3cccs3)no2)c1C. The monoisotopic (exact) mass is 327 g/mol. The summed E-state index contributed by atoms with van der Waals surface area (Å²) in [5.74, 6) is 0.990. The van der Waals surface area contributed by atoms with Crippen LogP contribution in [0.1, 0.15) is 23.4 Å². The number of nitrogens with one attached hydrogen (secondary N) is 1. The Morgan fingerprint density at radius 1 is 1.26 bits per heavy atom. The van der Waals surface area contributed by atoms with Gasteiger partial charge in [-0.2, -0.15) is 4.98 Å². The van der Waals surface area contributed by atoms with Gasteiger partial charge in [-0.3, -0.25) is 4.79 Å². The first-order valence-corrected chi connectivity index (χ1v) is 8.24. The van der Waals surface area contributed by atoms with E-state index < -0.39 is 0 Å². The van der Waals surface area contributed by atoms with Crippen molar-refractivity contribution in [3.8, 4) is 10.7 Å². The number of carbonyl (C=O) groups excluding carboxylic acids is 1. The fourth-order valence-electron chi connectivity index (χ4n) is 2.18. The van der Waals surface area contributed by atoms with Crippen molar-refractivity contribution in [2.24, 2.45) is 0 Å². The smallest absolute Gasteiger partial charge is 0.227 e. The maximum Gasteiger partial charge on any atom is 0.227 e. The van der Waals surface area contributed by atoms with E-state index in [0.717, 1.165) is 21.7 Å². The Hall–Kier alpha value is -2.47. The molecule has 0 radical (unpaired) electrons. The first kappa shape index (κ1) is 15.4. The molecule has 0 unspecified atom stereocenters. The van der Waals surface area contributed by atoms with Crippen molar-refractivity contribution in [3.63, 3.8) is 0 Å². The van der Waals surface area contributed by atoms with Gasteiger partial charge in [0.1, 0.15) is 0 Å². The summed E-state index contributed by atoms with van der Waals surface area (Å²) >= 11 is 1.55. The second kappa shape index (κ2) is 6.75. The summed E-state index contributed by atoms with van der Waals surface area (Å²) in [6, 6.07) is 9.74. The molecule has 6 heteroatoms. The molecule has 0 aliphatic carbocycles. The topological polar surface area (TPSA) is 68.0 Å². The maximum atomic E-state index is 12.1. The maximum absolute atomic E-state index is 12.1. The van der Waals surface area contributed by atoms with E-state index in [2.05, 4.69) is 15.5 Å². The molecule has 118 valence electrons.